The van der Waals surface area contributed by atoms with Crippen molar-refractivity contribution in [2.24, 2.45) is 0 Å². The van der Waals surface area contributed by atoms with E-state index in [1.54, 1.807) is 0 Å². The molecule has 18 heavy (non-hydrogen) atoms. The molecule has 96 valence electrons. The van der Waals surface area contributed by atoms with Crippen LogP contribution in [0.15, 0.2) is 37.6 Å². The van der Waals surface area contributed by atoms with E-state index in [1.165, 1.54) is 11.1 Å². The predicted molar refractivity (Wildman–Crippen MR) is 80.9 cm³/mol. The summed E-state index contributed by atoms with van der Waals surface area (Å²) in [4.78, 5) is 0. The number of aryl methyl sites for hydroxylation is 2. The van der Waals surface area contributed by atoms with Crippen molar-refractivity contribution in [3.8, 4) is 0 Å². The van der Waals surface area contributed by atoms with Gasteiger partial charge in [-0.3, -0.25) is 0 Å². The van der Waals surface area contributed by atoms with Crippen molar-refractivity contribution < 1.29 is 4.42 Å². The zero-order valence-electron chi connectivity index (χ0n) is 10.6. The smallest absolute Gasteiger partial charge is 0.106 e. The lowest BCUT2D eigenvalue weighted by Gasteiger charge is -2.18. The third kappa shape index (κ3) is 2.71. The first-order valence-electron chi connectivity index (χ1n) is 5.72. The molecule has 0 spiro atoms. The van der Waals surface area contributed by atoms with Crippen LogP contribution in [0.3, 0.4) is 0 Å². The standard InChI is InChI=1S/C14H15Br2NO/c1-8-6-12(9(2)18-8)14(17-3)11-5-4-10(15)7-13(11)16/h4-7,14,17H,1-3H3. The summed E-state index contributed by atoms with van der Waals surface area (Å²) in [6.45, 7) is 3.97. The molecule has 2 rings (SSSR count). The summed E-state index contributed by atoms with van der Waals surface area (Å²) >= 11 is 7.09. The van der Waals surface area contributed by atoms with Gasteiger partial charge in [-0.2, -0.15) is 0 Å². The normalized spacial score (nSPS) is 12.7. The highest BCUT2D eigenvalue weighted by atomic mass is 79.9. The molecule has 0 radical (unpaired) electrons. The predicted octanol–water partition coefficient (Wildman–Crippen LogP) is 4.73. The van der Waals surface area contributed by atoms with Gasteiger partial charge in [0.25, 0.3) is 0 Å². The second-order valence-electron chi connectivity index (χ2n) is 4.26. The molecule has 1 atom stereocenters. The highest BCUT2D eigenvalue weighted by Gasteiger charge is 2.19. The quantitative estimate of drug-likeness (QED) is 0.842. The maximum atomic E-state index is 5.62. The van der Waals surface area contributed by atoms with Crippen molar-refractivity contribution >= 4 is 31.9 Å². The molecule has 0 aliphatic carbocycles. The Morgan fingerprint density at radius 3 is 2.33 bits per heavy atom. The summed E-state index contributed by atoms with van der Waals surface area (Å²) in [6.07, 6.45) is 0. The molecule has 0 bridgehead atoms. The van der Waals surface area contributed by atoms with Gasteiger partial charge in [0.05, 0.1) is 6.04 Å². The molecule has 1 N–H and O–H groups in total. The fourth-order valence-electron chi connectivity index (χ4n) is 2.15. The number of furan rings is 1. The summed E-state index contributed by atoms with van der Waals surface area (Å²) in [5.74, 6) is 1.90. The summed E-state index contributed by atoms with van der Waals surface area (Å²) in [7, 11) is 1.96. The minimum atomic E-state index is 0.130. The molecule has 1 aromatic heterocycles. The molecule has 2 aromatic rings. The molecular weight excluding hydrogens is 358 g/mol. The maximum Gasteiger partial charge on any atom is 0.106 e. The zero-order chi connectivity index (χ0) is 13.3. The molecular formula is C14H15Br2NO. The van der Waals surface area contributed by atoms with Crippen molar-refractivity contribution in [1.29, 1.82) is 0 Å². The minimum absolute atomic E-state index is 0.130. The fraction of sp³-hybridized carbons (Fsp3) is 0.286. The SMILES string of the molecule is CNC(c1ccc(Br)cc1Br)c1cc(C)oc1C. The van der Waals surface area contributed by atoms with Crippen molar-refractivity contribution in [2.45, 2.75) is 19.9 Å². The highest BCUT2D eigenvalue weighted by molar-refractivity contribution is 9.11. The second kappa shape index (κ2) is 5.59. The van der Waals surface area contributed by atoms with Gasteiger partial charge in [0.15, 0.2) is 0 Å². The van der Waals surface area contributed by atoms with E-state index < -0.39 is 0 Å². The van der Waals surface area contributed by atoms with Crippen molar-refractivity contribution in [3.05, 3.63) is 55.9 Å². The third-order valence-corrected chi connectivity index (χ3v) is 4.13. The van der Waals surface area contributed by atoms with Crippen LogP contribution in [-0.2, 0) is 0 Å². The van der Waals surface area contributed by atoms with Crippen LogP contribution in [0.25, 0.3) is 0 Å². The van der Waals surface area contributed by atoms with Crippen LogP contribution >= 0.6 is 31.9 Å². The van der Waals surface area contributed by atoms with Crippen LogP contribution in [0.1, 0.15) is 28.7 Å². The average molecular weight is 373 g/mol. The number of rotatable bonds is 3. The summed E-state index contributed by atoms with van der Waals surface area (Å²) in [5.41, 5.74) is 2.38. The molecule has 1 unspecified atom stereocenters. The summed E-state index contributed by atoms with van der Waals surface area (Å²) in [5, 5.41) is 3.34. The Bertz CT molecular complexity index is 563. The zero-order valence-corrected chi connectivity index (χ0v) is 13.7. The van der Waals surface area contributed by atoms with Crippen LogP contribution in [0.2, 0.25) is 0 Å². The number of hydrogen-bond acceptors (Lipinski definition) is 2. The van der Waals surface area contributed by atoms with Crippen LogP contribution in [-0.4, -0.2) is 7.05 Å². The Labute approximate surface area is 124 Å². The molecule has 0 saturated heterocycles. The van der Waals surface area contributed by atoms with Crippen LogP contribution in [0.5, 0.6) is 0 Å². The summed E-state index contributed by atoms with van der Waals surface area (Å²) in [6, 6.07) is 8.43. The van der Waals surface area contributed by atoms with Gasteiger partial charge in [-0.1, -0.05) is 37.9 Å². The first-order valence-corrected chi connectivity index (χ1v) is 7.30. The molecule has 4 heteroatoms. The molecule has 0 saturated carbocycles. The third-order valence-electron chi connectivity index (χ3n) is 2.95. The summed E-state index contributed by atoms with van der Waals surface area (Å²) < 4.78 is 7.76. The van der Waals surface area contributed by atoms with Crippen LogP contribution < -0.4 is 5.32 Å². The first kappa shape index (κ1) is 13.8. The molecule has 0 fully saturated rings. The molecule has 0 aliphatic rings. The van der Waals surface area contributed by atoms with Crippen molar-refractivity contribution in [1.82, 2.24) is 5.32 Å². The van der Waals surface area contributed by atoms with E-state index in [1.807, 2.05) is 27.0 Å². The Balaban J connectivity index is 2.48. The lowest BCUT2D eigenvalue weighted by atomic mass is 9.99. The molecule has 2 nitrogen and oxygen atoms in total. The van der Waals surface area contributed by atoms with E-state index >= 15 is 0 Å². The fourth-order valence-corrected chi connectivity index (χ4v) is 3.43. The Hall–Kier alpha value is -0.580. The van der Waals surface area contributed by atoms with Gasteiger partial charge in [0.2, 0.25) is 0 Å². The Morgan fingerprint density at radius 1 is 1.11 bits per heavy atom. The van der Waals surface area contributed by atoms with Gasteiger partial charge < -0.3 is 9.73 Å². The van der Waals surface area contributed by atoms with Crippen molar-refractivity contribution in [3.63, 3.8) is 0 Å². The molecule has 1 aromatic carbocycles. The van der Waals surface area contributed by atoms with Gasteiger partial charge in [0.1, 0.15) is 11.5 Å². The Kier molecular flexibility index (Phi) is 4.30. The van der Waals surface area contributed by atoms with E-state index in [4.69, 9.17) is 4.42 Å². The van der Waals surface area contributed by atoms with E-state index in [9.17, 15) is 0 Å². The highest BCUT2D eigenvalue weighted by Crippen LogP contribution is 2.33. The van der Waals surface area contributed by atoms with E-state index in [-0.39, 0.29) is 6.04 Å². The average Bonchev–Trinajstić information content (AvgIpc) is 2.62. The lowest BCUT2D eigenvalue weighted by molar-refractivity contribution is 0.497. The molecule has 0 aliphatic heterocycles. The number of nitrogens with one attached hydrogen (secondary N) is 1. The topological polar surface area (TPSA) is 25.2 Å². The maximum absolute atomic E-state index is 5.62. The molecule has 1 heterocycles. The van der Waals surface area contributed by atoms with Crippen molar-refractivity contribution in [2.75, 3.05) is 7.05 Å². The van der Waals surface area contributed by atoms with E-state index in [0.717, 1.165) is 20.5 Å². The van der Waals surface area contributed by atoms with E-state index in [0.29, 0.717) is 0 Å². The monoisotopic (exact) mass is 371 g/mol. The van der Waals surface area contributed by atoms with Gasteiger partial charge >= 0.3 is 0 Å². The second-order valence-corrected chi connectivity index (χ2v) is 6.03. The molecule has 0 amide bonds. The first-order chi connectivity index (χ1) is 8.52. The van der Waals surface area contributed by atoms with Gasteiger partial charge in [-0.05, 0) is 44.7 Å². The Morgan fingerprint density at radius 2 is 1.83 bits per heavy atom. The van der Waals surface area contributed by atoms with Gasteiger partial charge in [-0.15, -0.1) is 0 Å². The number of benzene rings is 1. The minimum Gasteiger partial charge on any atom is -0.466 e. The van der Waals surface area contributed by atoms with Crippen LogP contribution in [0.4, 0.5) is 0 Å². The number of hydrogen-bond donors (Lipinski definition) is 1. The van der Waals surface area contributed by atoms with Crippen LogP contribution in [0, 0.1) is 13.8 Å². The van der Waals surface area contributed by atoms with E-state index in [2.05, 4.69) is 55.4 Å². The van der Waals surface area contributed by atoms with Gasteiger partial charge in [0, 0.05) is 14.5 Å². The lowest BCUT2D eigenvalue weighted by Crippen LogP contribution is -2.18. The van der Waals surface area contributed by atoms with Gasteiger partial charge in [-0.25, -0.2) is 0 Å². The largest absolute Gasteiger partial charge is 0.466 e. The number of halogens is 2.